The Morgan fingerprint density at radius 1 is 1.22 bits per heavy atom. The van der Waals surface area contributed by atoms with E-state index in [1.165, 1.54) is 28.7 Å². The van der Waals surface area contributed by atoms with Crippen LogP contribution < -0.4 is 10.5 Å². The fourth-order valence-corrected chi connectivity index (χ4v) is 3.97. The zero-order chi connectivity index (χ0) is 19.1. The van der Waals surface area contributed by atoms with Gasteiger partial charge in [-0.05, 0) is 84.9 Å². The first-order chi connectivity index (χ1) is 13.2. The van der Waals surface area contributed by atoms with E-state index in [9.17, 15) is 0 Å². The smallest absolute Gasteiger partial charge is 0.119 e. The molecule has 1 aliphatic rings. The molecule has 0 fully saturated rings. The Morgan fingerprint density at radius 3 is 2.89 bits per heavy atom. The van der Waals surface area contributed by atoms with Crippen LogP contribution in [0.25, 0.3) is 6.08 Å². The Balaban J connectivity index is 1.66. The summed E-state index contributed by atoms with van der Waals surface area (Å²) in [6.07, 6.45) is 9.73. The molecule has 1 aliphatic carbocycles. The molecule has 3 nitrogen and oxygen atoms in total. The topological polar surface area (TPSA) is 55.5 Å². The van der Waals surface area contributed by atoms with E-state index < -0.39 is 0 Å². The number of methoxy groups -OCH3 is 1. The molecule has 27 heavy (non-hydrogen) atoms. The maximum atomic E-state index is 9.09. The number of aliphatic hydroxyl groups excluding tert-OH is 1. The predicted octanol–water partition coefficient (Wildman–Crippen LogP) is 4.33. The highest BCUT2D eigenvalue weighted by Crippen LogP contribution is 2.30. The number of benzene rings is 2. The fraction of sp³-hybridized carbons (Fsp3) is 0.417. The summed E-state index contributed by atoms with van der Waals surface area (Å²) in [7, 11) is 1.70. The lowest BCUT2D eigenvalue weighted by Gasteiger charge is -2.24. The minimum absolute atomic E-state index is 0.239. The maximum absolute atomic E-state index is 9.09. The average Bonchev–Trinajstić information content (AvgIpc) is 2.72. The van der Waals surface area contributed by atoms with Crippen molar-refractivity contribution in [2.75, 3.05) is 20.3 Å². The number of aliphatic hydroxyl groups is 1. The first-order valence-electron chi connectivity index (χ1n) is 9.98. The molecule has 144 valence electrons. The first kappa shape index (κ1) is 19.7. The van der Waals surface area contributed by atoms with Crippen LogP contribution in [-0.2, 0) is 12.8 Å². The molecule has 0 aromatic heterocycles. The van der Waals surface area contributed by atoms with Crippen molar-refractivity contribution >= 4 is 6.08 Å². The van der Waals surface area contributed by atoms with Crippen LogP contribution in [0.15, 0.2) is 48.5 Å². The number of fused-ring (bicyclic) bond motifs is 1. The fourth-order valence-electron chi connectivity index (χ4n) is 3.97. The molecular weight excluding hydrogens is 334 g/mol. The van der Waals surface area contributed by atoms with Crippen LogP contribution in [-0.4, -0.2) is 25.4 Å². The lowest BCUT2D eigenvalue weighted by molar-refractivity contribution is 0.280. The molecule has 3 heteroatoms. The Morgan fingerprint density at radius 2 is 2.11 bits per heavy atom. The summed E-state index contributed by atoms with van der Waals surface area (Å²) in [4.78, 5) is 0. The van der Waals surface area contributed by atoms with Crippen LogP contribution >= 0.6 is 0 Å². The standard InChI is InChI=1S/C24H31NO2/c1-27-24-6-2-4-18(15-24)7-8-19-9-10-21-16-22(12-11-20(21)14-19)23(17-25)5-3-13-26/h2,4,6-8,11-12,15-16,19,23,26H,3,5,9-10,13-14,17,25H2,1H3/b8-7+/t19-,23+/m1/s1. The second-order valence-electron chi connectivity index (χ2n) is 7.47. The van der Waals surface area contributed by atoms with Gasteiger partial charge in [-0.2, -0.15) is 0 Å². The van der Waals surface area contributed by atoms with Crippen LogP contribution in [0.5, 0.6) is 5.75 Å². The van der Waals surface area contributed by atoms with Crippen molar-refractivity contribution in [1.29, 1.82) is 0 Å². The highest BCUT2D eigenvalue weighted by molar-refractivity contribution is 5.52. The monoisotopic (exact) mass is 365 g/mol. The number of allylic oxidation sites excluding steroid dienone is 1. The third kappa shape index (κ3) is 5.21. The molecule has 2 atom stereocenters. The maximum Gasteiger partial charge on any atom is 0.119 e. The van der Waals surface area contributed by atoms with Gasteiger partial charge in [0.25, 0.3) is 0 Å². The average molecular weight is 366 g/mol. The Hall–Kier alpha value is -2.10. The second-order valence-corrected chi connectivity index (χ2v) is 7.47. The molecule has 0 unspecified atom stereocenters. The summed E-state index contributed by atoms with van der Waals surface area (Å²) in [5.74, 6) is 1.83. The van der Waals surface area contributed by atoms with Crippen LogP contribution in [0.2, 0.25) is 0 Å². The van der Waals surface area contributed by atoms with Crippen molar-refractivity contribution in [2.24, 2.45) is 11.7 Å². The van der Waals surface area contributed by atoms with E-state index in [2.05, 4.69) is 42.5 Å². The van der Waals surface area contributed by atoms with Gasteiger partial charge in [-0.25, -0.2) is 0 Å². The predicted molar refractivity (Wildman–Crippen MR) is 112 cm³/mol. The van der Waals surface area contributed by atoms with Crippen LogP contribution in [0.1, 0.15) is 47.4 Å². The minimum atomic E-state index is 0.239. The first-order valence-corrected chi connectivity index (χ1v) is 9.98. The van der Waals surface area contributed by atoms with E-state index in [0.717, 1.165) is 31.4 Å². The minimum Gasteiger partial charge on any atom is -0.497 e. The van der Waals surface area contributed by atoms with Gasteiger partial charge in [-0.3, -0.25) is 0 Å². The van der Waals surface area contributed by atoms with Gasteiger partial charge in [-0.1, -0.05) is 42.5 Å². The van der Waals surface area contributed by atoms with Gasteiger partial charge < -0.3 is 15.6 Å². The zero-order valence-corrected chi connectivity index (χ0v) is 16.2. The van der Waals surface area contributed by atoms with Gasteiger partial charge in [-0.15, -0.1) is 0 Å². The van der Waals surface area contributed by atoms with Crippen molar-refractivity contribution in [1.82, 2.24) is 0 Å². The number of nitrogens with two attached hydrogens (primary N) is 1. The summed E-state index contributed by atoms with van der Waals surface area (Å²) in [5.41, 5.74) is 11.4. The summed E-state index contributed by atoms with van der Waals surface area (Å²) >= 11 is 0. The van der Waals surface area contributed by atoms with E-state index >= 15 is 0 Å². The molecule has 0 saturated heterocycles. The molecule has 2 aromatic carbocycles. The lowest BCUT2D eigenvalue weighted by atomic mass is 9.81. The normalized spacial score (nSPS) is 17.7. The molecule has 3 N–H and O–H groups in total. The van der Waals surface area contributed by atoms with E-state index in [4.69, 9.17) is 15.6 Å². The molecule has 0 spiro atoms. The van der Waals surface area contributed by atoms with Crippen molar-refractivity contribution < 1.29 is 9.84 Å². The van der Waals surface area contributed by atoms with Crippen LogP contribution in [0.4, 0.5) is 0 Å². The molecule has 0 heterocycles. The van der Waals surface area contributed by atoms with E-state index in [1.807, 2.05) is 12.1 Å². The van der Waals surface area contributed by atoms with Crippen molar-refractivity contribution in [3.8, 4) is 5.75 Å². The summed E-state index contributed by atoms with van der Waals surface area (Å²) in [5, 5.41) is 9.09. The molecule has 3 rings (SSSR count). The van der Waals surface area contributed by atoms with Gasteiger partial charge in [0.2, 0.25) is 0 Å². The number of ether oxygens (including phenoxy) is 1. The Kier molecular flexibility index (Phi) is 7.08. The van der Waals surface area contributed by atoms with Gasteiger partial charge in [0.05, 0.1) is 7.11 Å². The molecule has 0 amide bonds. The second kappa shape index (κ2) is 9.72. The molecule has 0 saturated carbocycles. The van der Waals surface area contributed by atoms with E-state index in [-0.39, 0.29) is 6.61 Å². The van der Waals surface area contributed by atoms with Crippen LogP contribution in [0.3, 0.4) is 0 Å². The van der Waals surface area contributed by atoms with E-state index in [1.54, 1.807) is 7.11 Å². The summed E-state index contributed by atoms with van der Waals surface area (Å²) in [6.45, 7) is 0.882. The summed E-state index contributed by atoms with van der Waals surface area (Å²) in [6, 6.07) is 15.1. The number of hydrogen-bond donors (Lipinski definition) is 2. The molecule has 0 bridgehead atoms. The largest absolute Gasteiger partial charge is 0.497 e. The van der Waals surface area contributed by atoms with E-state index in [0.29, 0.717) is 18.4 Å². The number of hydrogen-bond acceptors (Lipinski definition) is 3. The molecule has 0 aliphatic heterocycles. The third-order valence-electron chi connectivity index (χ3n) is 5.62. The number of rotatable bonds is 8. The van der Waals surface area contributed by atoms with Gasteiger partial charge >= 0.3 is 0 Å². The highest BCUT2D eigenvalue weighted by Gasteiger charge is 2.18. The van der Waals surface area contributed by atoms with Gasteiger partial charge in [0.1, 0.15) is 5.75 Å². The molecule has 0 radical (unpaired) electrons. The van der Waals surface area contributed by atoms with Crippen molar-refractivity contribution in [2.45, 2.75) is 38.0 Å². The van der Waals surface area contributed by atoms with Crippen molar-refractivity contribution in [3.63, 3.8) is 0 Å². The Labute approximate surface area is 162 Å². The zero-order valence-electron chi connectivity index (χ0n) is 16.2. The van der Waals surface area contributed by atoms with Crippen molar-refractivity contribution in [3.05, 3.63) is 70.8 Å². The lowest BCUT2D eigenvalue weighted by Crippen LogP contribution is -2.16. The summed E-state index contributed by atoms with van der Waals surface area (Å²) < 4.78 is 5.30. The van der Waals surface area contributed by atoms with Gasteiger partial charge in [0.15, 0.2) is 0 Å². The molecule has 2 aromatic rings. The highest BCUT2D eigenvalue weighted by atomic mass is 16.5. The van der Waals surface area contributed by atoms with Crippen LogP contribution in [0, 0.1) is 5.92 Å². The number of aryl methyl sites for hydroxylation is 1. The SMILES string of the molecule is COc1cccc(/C=C/[C@@H]2CCc3cc([C@H](CN)CCCO)ccc3C2)c1. The third-order valence-corrected chi connectivity index (χ3v) is 5.62. The molecular formula is C24H31NO2. The quantitative estimate of drug-likeness (QED) is 0.732. The Bertz CT molecular complexity index is 769. The van der Waals surface area contributed by atoms with Gasteiger partial charge in [0, 0.05) is 6.61 Å².